The van der Waals surface area contributed by atoms with Gasteiger partial charge in [0, 0.05) is 29.7 Å². The zero-order chi connectivity index (χ0) is 39.3. The lowest BCUT2D eigenvalue weighted by Crippen LogP contribution is -2.51. The fourth-order valence-corrected chi connectivity index (χ4v) is 11.0. The van der Waals surface area contributed by atoms with Crippen LogP contribution in [-0.2, 0) is 21.7 Å². The average molecular weight is 736 g/mol. The van der Waals surface area contributed by atoms with Crippen molar-refractivity contribution >= 4 is 5.91 Å². The molecule has 0 aromatic heterocycles. The summed E-state index contributed by atoms with van der Waals surface area (Å²) >= 11 is 0. The fourth-order valence-electron chi connectivity index (χ4n) is 11.0. The first-order chi connectivity index (χ1) is 24.6. The standard InChI is InChI=1S/C42H57NO10/c1-18(2)25-10-12-40(8,38(50)39(51)43-22(7)44)32(25)27-15-24(16-29(46)34(47)20(27)5)42(52)17-23-14-28(45)35(48)21(6)30-31(23)36(53-42)37(49)41(9)13-11-26(19(3)4)33(30)41/h14-16,18-19,25-26,32-33,36-39,49-52H,10-13,17H2,1-9H3,(H,43,44)(H,45,48)(H,46,47)/t25-,26-,32-,33-,36-,37+,38?,39?,40-,41-,42+/m1/s1. The Balaban J connectivity index is 1.59. The highest BCUT2D eigenvalue weighted by Gasteiger charge is 2.61. The van der Waals surface area contributed by atoms with Gasteiger partial charge in [0.2, 0.25) is 16.8 Å². The predicted molar refractivity (Wildman–Crippen MR) is 198 cm³/mol. The first kappa shape index (κ1) is 39.3. The molecular formula is C42H57NO10. The van der Waals surface area contributed by atoms with Gasteiger partial charge in [-0.05, 0) is 127 Å². The molecule has 2 fully saturated rings. The molecule has 53 heavy (non-hydrogen) atoms. The van der Waals surface area contributed by atoms with Crippen LogP contribution in [0.4, 0.5) is 0 Å². The Bertz CT molecular complexity index is 1950. The molecular weight excluding hydrogens is 678 g/mol. The average Bonchev–Trinajstić information content (AvgIpc) is 3.57. The Hall–Kier alpha value is -3.35. The van der Waals surface area contributed by atoms with Gasteiger partial charge in [-0.2, -0.15) is 0 Å². The van der Waals surface area contributed by atoms with Gasteiger partial charge in [0.1, 0.15) is 12.2 Å². The first-order valence-corrected chi connectivity index (χ1v) is 19.1. The molecule has 11 nitrogen and oxygen atoms in total. The van der Waals surface area contributed by atoms with Crippen LogP contribution in [0, 0.1) is 48.3 Å². The summed E-state index contributed by atoms with van der Waals surface area (Å²) in [5, 5.41) is 72.5. The molecule has 1 amide bonds. The molecule has 1 aliphatic heterocycles. The Morgan fingerprint density at radius 2 is 1.43 bits per heavy atom. The number of ether oxygens (including phenoxy) is 1. The molecule has 1 heterocycles. The summed E-state index contributed by atoms with van der Waals surface area (Å²) < 4.78 is 6.64. The van der Waals surface area contributed by atoms with Crippen LogP contribution in [0.3, 0.4) is 0 Å². The number of carbonyl (C=O) groups excluding carboxylic acids is 1. The second-order valence-electron chi connectivity index (χ2n) is 17.8. The Labute approximate surface area is 311 Å². The van der Waals surface area contributed by atoms with E-state index < -0.39 is 69.6 Å². The highest BCUT2D eigenvalue weighted by Crippen LogP contribution is 2.65. The van der Waals surface area contributed by atoms with Crippen LogP contribution in [0.5, 0.6) is 11.5 Å². The van der Waals surface area contributed by atoms with Crippen LogP contribution < -0.4 is 16.2 Å². The van der Waals surface area contributed by atoms with Crippen LogP contribution in [-0.4, -0.2) is 55.0 Å². The molecule has 2 aromatic rings. The SMILES string of the molecule is CC(=O)NC(O)C(O)[C@]1(C)CC[C@H](C(C)C)[C@@H]1c1cc([C@]2(O)Cc3cc(=O)c(O)c(C)c4c3[C@@H](O2)[C@H](O)[C@]2(C)CC[C@H](C(C)C)[C@H]42)cc(=O)c(O)c1C. The van der Waals surface area contributed by atoms with Gasteiger partial charge in [-0.1, -0.05) is 41.5 Å². The van der Waals surface area contributed by atoms with Crippen molar-refractivity contribution in [3.63, 3.8) is 0 Å². The van der Waals surface area contributed by atoms with E-state index in [0.717, 1.165) is 18.1 Å². The minimum Gasteiger partial charge on any atom is -0.504 e. The minimum absolute atomic E-state index is 0.00684. The number of nitrogens with one attached hydrogen (secondary N) is 1. The van der Waals surface area contributed by atoms with Crippen LogP contribution in [0.15, 0.2) is 27.8 Å². The molecule has 4 aliphatic rings. The summed E-state index contributed by atoms with van der Waals surface area (Å²) in [6.07, 6.45) is -2.98. The normalized spacial score (nSPS) is 34.5. The molecule has 0 saturated heterocycles. The van der Waals surface area contributed by atoms with Crippen molar-refractivity contribution in [3.8, 4) is 11.5 Å². The van der Waals surface area contributed by atoms with Gasteiger partial charge < -0.3 is 40.7 Å². The van der Waals surface area contributed by atoms with E-state index in [0.29, 0.717) is 41.5 Å². The lowest BCUT2D eigenvalue weighted by molar-refractivity contribution is -0.279. The maximum atomic E-state index is 13.7. The zero-order valence-corrected chi connectivity index (χ0v) is 32.4. The van der Waals surface area contributed by atoms with E-state index in [1.807, 2.05) is 27.7 Å². The van der Waals surface area contributed by atoms with E-state index in [4.69, 9.17) is 4.74 Å². The molecule has 0 spiro atoms. The van der Waals surface area contributed by atoms with E-state index in [2.05, 4.69) is 19.2 Å². The smallest absolute Gasteiger partial charge is 0.220 e. The summed E-state index contributed by atoms with van der Waals surface area (Å²) in [7, 11) is 0. The number of aliphatic hydroxyl groups is 4. The van der Waals surface area contributed by atoms with Gasteiger partial charge in [-0.3, -0.25) is 14.4 Å². The van der Waals surface area contributed by atoms with Gasteiger partial charge in [0.15, 0.2) is 23.5 Å². The quantitative estimate of drug-likeness (QED) is 0.201. The molecule has 0 bridgehead atoms. The molecule has 6 rings (SSSR count). The van der Waals surface area contributed by atoms with Crippen LogP contribution in [0.1, 0.15) is 131 Å². The molecule has 2 saturated carbocycles. The summed E-state index contributed by atoms with van der Waals surface area (Å²) in [5.74, 6) is -4.11. The summed E-state index contributed by atoms with van der Waals surface area (Å²) in [6, 6.07) is 4.02. The third-order valence-electron chi connectivity index (χ3n) is 14.0. The molecule has 2 aromatic carbocycles. The first-order valence-electron chi connectivity index (χ1n) is 19.1. The lowest BCUT2D eigenvalue weighted by Gasteiger charge is -2.52. The third kappa shape index (κ3) is 6.02. The molecule has 11 heteroatoms. The van der Waals surface area contributed by atoms with Crippen molar-refractivity contribution in [2.75, 3.05) is 0 Å². The monoisotopic (exact) mass is 735 g/mol. The summed E-state index contributed by atoms with van der Waals surface area (Å²) in [4.78, 5) is 39.1. The maximum absolute atomic E-state index is 13.7. The lowest BCUT2D eigenvalue weighted by atomic mass is 9.59. The third-order valence-corrected chi connectivity index (χ3v) is 14.0. The predicted octanol–water partition coefficient (Wildman–Crippen LogP) is 4.40. The number of hydrogen-bond donors (Lipinski definition) is 7. The number of fused-ring (bicyclic) bond motifs is 2. The second kappa shape index (κ2) is 13.4. The molecule has 2 unspecified atom stereocenters. The number of rotatable bonds is 7. The fraction of sp³-hybridized carbons (Fsp3) is 0.643. The van der Waals surface area contributed by atoms with E-state index in [9.17, 15) is 45.0 Å². The van der Waals surface area contributed by atoms with Gasteiger partial charge in [-0.25, -0.2) is 0 Å². The van der Waals surface area contributed by atoms with Gasteiger partial charge in [-0.15, -0.1) is 0 Å². The Morgan fingerprint density at radius 3 is 2.04 bits per heavy atom. The summed E-state index contributed by atoms with van der Waals surface area (Å²) in [6.45, 7) is 16.7. The van der Waals surface area contributed by atoms with Crippen LogP contribution in [0.25, 0.3) is 0 Å². The van der Waals surface area contributed by atoms with E-state index in [-0.39, 0.29) is 52.9 Å². The van der Waals surface area contributed by atoms with Crippen molar-refractivity contribution in [1.29, 1.82) is 0 Å². The minimum atomic E-state index is -2.28. The molecule has 11 atom stereocenters. The topological polar surface area (TPSA) is 194 Å². The summed E-state index contributed by atoms with van der Waals surface area (Å²) in [5.41, 5.74) is -0.333. The zero-order valence-electron chi connectivity index (χ0n) is 32.4. The number of aromatic hydroxyl groups is 2. The van der Waals surface area contributed by atoms with E-state index in [1.165, 1.54) is 13.0 Å². The highest BCUT2D eigenvalue weighted by molar-refractivity contribution is 5.73. The van der Waals surface area contributed by atoms with Crippen molar-refractivity contribution in [1.82, 2.24) is 5.32 Å². The number of aliphatic hydroxyl groups excluding tert-OH is 3. The van der Waals surface area contributed by atoms with Crippen molar-refractivity contribution in [3.05, 3.63) is 77.6 Å². The van der Waals surface area contributed by atoms with Gasteiger partial charge in [0.05, 0.1) is 6.10 Å². The van der Waals surface area contributed by atoms with Crippen molar-refractivity contribution < 1.29 is 40.2 Å². The van der Waals surface area contributed by atoms with Gasteiger partial charge >= 0.3 is 0 Å². The molecule has 3 aliphatic carbocycles. The van der Waals surface area contributed by atoms with E-state index in [1.54, 1.807) is 19.9 Å². The number of carbonyl (C=O) groups is 1. The molecule has 0 radical (unpaired) electrons. The van der Waals surface area contributed by atoms with Gasteiger partial charge in [0.25, 0.3) is 0 Å². The Morgan fingerprint density at radius 1 is 0.868 bits per heavy atom. The highest BCUT2D eigenvalue weighted by atomic mass is 16.6. The van der Waals surface area contributed by atoms with E-state index >= 15 is 0 Å². The molecule has 290 valence electrons. The van der Waals surface area contributed by atoms with Crippen LogP contribution in [0.2, 0.25) is 0 Å². The van der Waals surface area contributed by atoms with Crippen molar-refractivity contribution in [2.24, 2.45) is 34.5 Å². The van der Waals surface area contributed by atoms with Crippen LogP contribution >= 0.6 is 0 Å². The largest absolute Gasteiger partial charge is 0.504 e. The molecule has 7 N–H and O–H groups in total. The van der Waals surface area contributed by atoms with Crippen molar-refractivity contribution in [2.45, 2.75) is 137 Å². The number of hydrogen-bond acceptors (Lipinski definition) is 10. The Kier molecular flexibility index (Phi) is 9.98. The number of amides is 1. The maximum Gasteiger partial charge on any atom is 0.220 e. The second-order valence-corrected chi connectivity index (χ2v) is 17.8.